The van der Waals surface area contributed by atoms with E-state index in [1.54, 1.807) is 12.1 Å². The van der Waals surface area contributed by atoms with E-state index in [-0.39, 0.29) is 23.6 Å². The SMILES string of the molecule is O=C(NCCC(c1ccccc1)c1ccccc1)C1CCN(c2ccc(-c3ccc(F)cc3)nn2)CC1. The van der Waals surface area contributed by atoms with Crippen LogP contribution in [0.1, 0.15) is 36.3 Å². The molecule has 6 heteroatoms. The van der Waals surface area contributed by atoms with Crippen LogP contribution in [0.15, 0.2) is 97.1 Å². The van der Waals surface area contributed by atoms with E-state index >= 15 is 0 Å². The summed E-state index contributed by atoms with van der Waals surface area (Å²) in [6, 6.07) is 31.1. The summed E-state index contributed by atoms with van der Waals surface area (Å²) in [5.74, 6) is 0.929. The molecule has 0 spiro atoms. The van der Waals surface area contributed by atoms with Gasteiger partial charge in [0.05, 0.1) is 5.69 Å². The van der Waals surface area contributed by atoms with Crippen molar-refractivity contribution in [2.45, 2.75) is 25.2 Å². The average molecular weight is 495 g/mol. The summed E-state index contributed by atoms with van der Waals surface area (Å²) in [7, 11) is 0. The van der Waals surface area contributed by atoms with Gasteiger partial charge in [-0.15, -0.1) is 10.2 Å². The van der Waals surface area contributed by atoms with Crippen molar-refractivity contribution in [1.82, 2.24) is 15.5 Å². The summed E-state index contributed by atoms with van der Waals surface area (Å²) in [5, 5.41) is 11.9. The van der Waals surface area contributed by atoms with Gasteiger partial charge in [0.25, 0.3) is 0 Å². The van der Waals surface area contributed by atoms with Gasteiger partial charge in [0, 0.05) is 37.0 Å². The molecule has 4 aromatic rings. The lowest BCUT2D eigenvalue weighted by atomic mass is 9.88. The van der Waals surface area contributed by atoms with Crippen molar-refractivity contribution in [3.05, 3.63) is 114 Å². The number of carbonyl (C=O) groups is 1. The Morgan fingerprint density at radius 1 is 0.838 bits per heavy atom. The first-order chi connectivity index (χ1) is 18.2. The molecule has 3 aromatic carbocycles. The van der Waals surface area contributed by atoms with E-state index in [1.807, 2.05) is 24.3 Å². The van der Waals surface area contributed by atoms with Crippen LogP contribution in [0.4, 0.5) is 10.2 Å². The van der Waals surface area contributed by atoms with Gasteiger partial charge in [0.1, 0.15) is 5.82 Å². The third-order valence-electron chi connectivity index (χ3n) is 7.12. The van der Waals surface area contributed by atoms with Gasteiger partial charge in [-0.3, -0.25) is 4.79 Å². The minimum Gasteiger partial charge on any atom is -0.356 e. The van der Waals surface area contributed by atoms with E-state index < -0.39 is 0 Å². The fourth-order valence-electron chi connectivity index (χ4n) is 5.02. The highest BCUT2D eigenvalue weighted by molar-refractivity contribution is 5.79. The molecule has 0 radical (unpaired) electrons. The Kier molecular flexibility index (Phi) is 7.84. The highest BCUT2D eigenvalue weighted by Gasteiger charge is 2.26. The van der Waals surface area contributed by atoms with Crippen LogP contribution in [-0.4, -0.2) is 35.7 Å². The zero-order chi connectivity index (χ0) is 25.5. The summed E-state index contributed by atoms with van der Waals surface area (Å²) in [4.78, 5) is 15.1. The number of nitrogens with one attached hydrogen (secondary N) is 1. The van der Waals surface area contributed by atoms with Crippen LogP contribution < -0.4 is 10.2 Å². The predicted molar refractivity (Wildman–Crippen MR) is 145 cm³/mol. The molecule has 188 valence electrons. The fraction of sp³-hybridized carbons (Fsp3) is 0.258. The second-order valence-corrected chi connectivity index (χ2v) is 9.50. The summed E-state index contributed by atoms with van der Waals surface area (Å²) in [6.07, 6.45) is 2.43. The van der Waals surface area contributed by atoms with Gasteiger partial charge in [0.15, 0.2) is 5.82 Å². The van der Waals surface area contributed by atoms with Crippen LogP contribution in [0.3, 0.4) is 0 Å². The Morgan fingerprint density at radius 2 is 1.46 bits per heavy atom. The van der Waals surface area contributed by atoms with E-state index in [4.69, 9.17) is 0 Å². The van der Waals surface area contributed by atoms with Crippen molar-refractivity contribution in [2.75, 3.05) is 24.5 Å². The number of nitrogens with zero attached hydrogens (tertiary/aromatic N) is 3. The molecular weight excluding hydrogens is 463 g/mol. The van der Waals surface area contributed by atoms with Crippen LogP contribution in [0.25, 0.3) is 11.3 Å². The lowest BCUT2D eigenvalue weighted by Gasteiger charge is -2.32. The average Bonchev–Trinajstić information content (AvgIpc) is 2.97. The van der Waals surface area contributed by atoms with Crippen molar-refractivity contribution >= 4 is 11.7 Å². The van der Waals surface area contributed by atoms with E-state index in [1.165, 1.54) is 23.3 Å². The molecule has 5 nitrogen and oxygen atoms in total. The smallest absolute Gasteiger partial charge is 0.223 e. The van der Waals surface area contributed by atoms with Crippen LogP contribution in [0, 0.1) is 11.7 Å². The Balaban J connectivity index is 1.12. The number of halogens is 1. The monoisotopic (exact) mass is 494 g/mol. The molecule has 0 unspecified atom stereocenters. The molecule has 1 aliphatic heterocycles. The number of aromatic nitrogens is 2. The molecule has 1 aliphatic rings. The maximum Gasteiger partial charge on any atom is 0.223 e. The molecule has 0 atom stereocenters. The second-order valence-electron chi connectivity index (χ2n) is 9.50. The third-order valence-corrected chi connectivity index (χ3v) is 7.12. The number of amides is 1. The summed E-state index contributed by atoms with van der Waals surface area (Å²) in [6.45, 7) is 2.17. The van der Waals surface area contributed by atoms with Crippen molar-refractivity contribution in [3.63, 3.8) is 0 Å². The Bertz CT molecular complexity index is 1230. The van der Waals surface area contributed by atoms with Crippen molar-refractivity contribution < 1.29 is 9.18 Å². The number of benzene rings is 3. The minimum absolute atomic E-state index is 0.00889. The maximum atomic E-state index is 13.2. The summed E-state index contributed by atoms with van der Waals surface area (Å²) in [5.41, 5.74) is 4.07. The van der Waals surface area contributed by atoms with E-state index in [2.05, 4.69) is 68.9 Å². The molecule has 1 aromatic heterocycles. The molecule has 37 heavy (non-hydrogen) atoms. The maximum absolute atomic E-state index is 13.2. The Labute approximate surface area is 217 Å². The van der Waals surface area contributed by atoms with Gasteiger partial charge in [-0.25, -0.2) is 4.39 Å². The normalized spacial score (nSPS) is 14.1. The molecule has 1 amide bonds. The van der Waals surface area contributed by atoms with Crippen LogP contribution in [0.5, 0.6) is 0 Å². The molecule has 2 heterocycles. The van der Waals surface area contributed by atoms with E-state index in [0.717, 1.165) is 43.7 Å². The zero-order valence-electron chi connectivity index (χ0n) is 20.8. The number of rotatable bonds is 8. The first kappa shape index (κ1) is 24.6. The molecule has 0 bridgehead atoms. The molecule has 1 N–H and O–H groups in total. The predicted octanol–water partition coefficient (Wildman–Crippen LogP) is 5.84. The van der Waals surface area contributed by atoms with Gasteiger partial charge in [-0.05, 0) is 66.8 Å². The summed E-state index contributed by atoms with van der Waals surface area (Å²) < 4.78 is 13.2. The van der Waals surface area contributed by atoms with Crippen LogP contribution in [0.2, 0.25) is 0 Å². The number of hydrogen-bond donors (Lipinski definition) is 1. The number of carbonyl (C=O) groups excluding carboxylic acids is 1. The van der Waals surface area contributed by atoms with Gasteiger partial charge >= 0.3 is 0 Å². The lowest BCUT2D eigenvalue weighted by Crippen LogP contribution is -2.41. The zero-order valence-corrected chi connectivity index (χ0v) is 20.8. The first-order valence-corrected chi connectivity index (χ1v) is 12.9. The van der Waals surface area contributed by atoms with Crippen LogP contribution in [-0.2, 0) is 4.79 Å². The molecule has 0 aliphatic carbocycles. The molecule has 5 rings (SSSR count). The van der Waals surface area contributed by atoms with Crippen LogP contribution >= 0.6 is 0 Å². The quantitative estimate of drug-likeness (QED) is 0.334. The van der Waals surface area contributed by atoms with Crippen molar-refractivity contribution in [1.29, 1.82) is 0 Å². The highest BCUT2D eigenvalue weighted by Crippen LogP contribution is 2.28. The molecule has 1 saturated heterocycles. The second kappa shape index (κ2) is 11.8. The van der Waals surface area contributed by atoms with Gasteiger partial charge in [-0.1, -0.05) is 60.7 Å². The van der Waals surface area contributed by atoms with Crippen molar-refractivity contribution in [3.8, 4) is 11.3 Å². The van der Waals surface area contributed by atoms with Gasteiger partial charge in [-0.2, -0.15) is 0 Å². The lowest BCUT2D eigenvalue weighted by molar-refractivity contribution is -0.125. The first-order valence-electron chi connectivity index (χ1n) is 12.9. The van der Waals surface area contributed by atoms with E-state index in [9.17, 15) is 9.18 Å². The third kappa shape index (κ3) is 6.20. The molecule has 0 saturated carbocycles. The minimum atomic E-state index is -0.271. The highest BCUT2D eigenvalue weighted by atomic mass is 19.1. The standard InChI is InChI=1S/C31H31FN4O/c32-27-13-11-25(12-14-27)29-15-16-30(35-34-29)36-21-18-26(19-22-36)31(37)33-20-17-28(23-7-3-1-4-8-23)24-9-5-2-6-10-24/h1-16,26,28H,17-22H2,(H,33,37). The number of hydrogen-bond acceptors (Lipinski definition) is 4. The molecular formula is C31H31FN4O. The molecule has 1 fully saturated rings. The van der Waals surface area contributed by atoms with E-state index in [0.29, 0.717) is 12.2 Å². The fourth-order valence-corrected chi connectivity index (χ4v) is 5.02. The van der Waals surface area contributed by atoms with Gasteiger partial charge in [0.2, 0.25) is 5.91 Å². The summed E-state index contributed by atoms with van der Waals surface area (Å²) >= 11 is 0. The van der Waals surface area contributed by atoms with Gasteiger partial charge < -0.3 is 10.2 Å². The Hall–Kier alpha value is -4.06. The largest absolute Gasteiger partial charge is 0.356 e. The number of piperidine rings is 1. The number of anilines is 1. The van der Waals surface area contributed by atoms with Crippen molar-refractivity contribution in [2.24, 2.45) is 5.92 Å². The Morgan fingerprint density at radius 3 is 2.03 bits per heavy atom. The topological polar surface area (TPSA) is 58.1 Å².